The molecule has 0 aliphatic heterocycles. The lowest BCUT2D eigenvalue weighted by atomic mass is 10.1. The number of ketones is 1. The number of benzene rings is 2. The van der Waals surface area contributed by atoms with E-state index in [2.05, 4.69) is 4.98 Å². The highest BCUT2D eigenvalue weighted by Crippen LogP contribution is 2.27. The Bertz CT molecular complexity index is 1070. The van der Waals surface area contributed by atoms with E-state index in [1.165, 1.54) is 11.8 Å². The third-order valence-corrected chi connectivity index (χ3v) is 5.69. The van der Waals surface area contributed by atoms with E-state index in [0.29, 0.717) is 33.3 Å². The summed E-state index contributed by atoms with van der Waals surface area (Å²) in [5, 5.41) is 1.12. The van der Waals surface area contributed by atoms with E-state index in [1.54, 1.807) is 55.0 Å². The smallest absolute Gasteiger partial charge is 0.262 e. The van der Waals surface area contributed by atoms with Crippen molar-refractivity contribution in [1.82, 2.24) is 9.55 Å². The molecule has 3 rings (SSSR count). The molecule has 0 unspecified atom stereocenters. The highest BCUT2D eigenvalue weighted by atomic mass is 35.5. The zero-order valence-corrected chi connectivity index (χ0v) is 17.5. The molecule has 2 atom stereocenters. The second-order valence-electron chi connectivity index (χ2n) is 6.53. The van der Waals surface area contributed by atoms with Crippen molar-refractivity contribution in [3.05, 3.63) is 69.5 Å². The molecule has 0 fully saturated rings. The Kier molecular flexibility index (Phi) is 6.54. The minimum Gasteiger partial charge on any atom is -0.383 e. The molecule has 0 bridgehead atoms. The van der Waals surface area contributed by atoms with Crippen LogP contribution in [0.4, 0.5) is 0 Å². The van der Waals surface area contributed by atoms with Crippen LogP contribution in [0.15, 0.2) is 58.5 Å². The lowest BCUT2D eigenvalue weighted by Gasteiger charge is -2.20. The van der Waals surface area contributed by atoms with Crippen molar-refractivity contribution in [2.75, 3.05) is 13.7 Å². The lowest BCUT2D eigenvalue weighted by molar-refractivity contribution is 0.0993. The number of methoxy groups -OCH3 is 1. The highest BCUT2D eigenvalue weighted by Gasteiger charge is 2.22. The number of fused-ring (bicyclic) bond motifs is 1. The van der Waals surface area contributed by atoms with E-state index < -0.39 is 5.25 Å². The average molecular weight is 417 g/mol. The van der Waals surface area contributed by atoms with E-state index in [0.717, 1.165) is 0 Å². The molecular weight excluding hydrogens is 396 g/mol. The van der Waals surface area contributed by atoms with Gasteiger partial charge in [-0.2, -0.15) is 0 Å². The van der Waals surface area contributed by atoms with Crippen molar-refractivity contribution in [3.8, 4) is 0 Å². The fourth-order valence-corrected chi connectivity index (χ4v) is 4.28. The Labute approximate surface area is 172 Å². The largest absolute Gasteiger partial charge is 0.383 e. The topological polar surface area (TPSA) is 61.2 Å². The third kappa shape index (κ3) is 4.29. The molecule has 0 aliphatic rings. The number of Topliss-reactive ketones (excluding diaryl/α,β-unsaturated/α-hetero) is 1. The minimum absolute atomic E-state index is 0.0687. The lowest BCUT2D eigenvalue weighted by Crippen LogP contribution is -2.29. The number of carbonyl (C=O) groups excluding carboxylic acids is 1. The van der Waals surface area contributed by atoms with Gasteiger partial charge in [-0.3, -0.25) is 14.2 Å². The monoisotopic (exact) mass is 416 g/mol. The van der Waals surface area contributed by atoms with Crippen LogP contribution in [0, 0.1) is 0 Å². The Morgan fingerprint density at radius 1 is 1.21 bits per heavy atom. The normalized spacial score (nSPS) is 13.4. The molecule has 1 heterocycles. The number of nitrogens with zero attached hydrogens (tertiary/aromatic N) is 2. The van der Waals surface area contributed by atoms with Crippen LogP contribution in [-0.4, -0.2) is 34.3 Å². The summed E-state index contributed by atoms with van der Waals surface area (Å²) in [7, 11) is 1.59. The third-order valence-electron chi connectivity index (χ3n) is 4.38. The standard InChI is InChI=1S/C21H21ClN2O3S/c1-13(12-27-3)24-20(26)17-9-4-5-10-18(17)23-21(24)28-14(2)19(25)15-7-6-8-16(22)11-15/h4-11,13-14H,12H2,1-3H3/t13-,14+/m0/s1. The Hall–Kier alpha value is -2.15. The van der Waals surface area contributed by atoms with E-state index >= 15 is 0 Å². The van der Waals surface area contributed by atoms with E-state index in [9.17, 15) is 9.59 Å². The van der Waals surface area contributed by atoms with Gasteiger partial charge in [0.15, 0.2) is 10.9 Å². The summed E-state index contributed by atoms with van der Waals surface area (Å²) in [4.78, 5) is 30.6. The summed E-state index contributed by atoms with van der Waals surface area (Å²) < 4.78 is 6.85. The first-order valence-corrected chi connectivity index (χ1v) is 10.1. The van der Waals surface area contributed by atoms with Crippen molar-refractivity contribution < 1.29 is 9.53 Å². The van der Waals surface area contributed by atoms with Crippen molar-refractivity contribution >= 4 is 40.0 Å². The first-order valence-electron chi connectivity index (χ1n) is 8.89. The van der Waals surface area contributed by atoms with Crippen LogP contribution in [0.3, 0.4) is 0 Å². The van der Waals surface area contributed by atoms with Gasteiger partial charge < -0.3 is 4.74 Å². The molecule has 1 aromatic heterocycles. The zero-order chi connectivity index (χ0) is 20.3. The number of thioether (sulfide) groups is 1. The fraction of sp³-hybridized carbons (Fsp3) is 0.286. The molecule has 0 amide bonds. The molecule has 3 aromatic rings. The molecule has 0 spiro atoms. The van der Waals surface area contributed by atoms with Crippen LogP contribution in [0.2, 0.25) is 5.02 Å². The summed E-state index contributed by atoms with van der Waals surface area (Å²) >= 11 is 7.28. The van der Waals surface area contributed by atoms with Gasteiger partial charge in [0.25, 0.3) is 5.56 Å². The van der Waals surface area contributed by atoms with Gasteiger partial charge in [-0.05, 0) is 38.1 Å². The van der Waals surface area contributed by atoms with Crippen molar-refractivity contribution in [2.24, 2.45) is 0 Å². The summed E-state index contributed by atoms with van der Waals surface area (Å²) in [5.41, 5.74) is 1.01. The van der Waals surface area contributed by atoms with Gasteiger partial charge in [0, 0.05) is 17.7 Å². The molecule has 7 heteroatoms. The quantitative estimate of drug-likeness (QED) is 0.319. The fourth-order valence-electron chi connectivity index (χ4n) is 3.00. The molecule has 5 nitrogen and oxygen atoms in total. The highest BCUT2D eigenvalue weighted by molar-refractivity contribution is 8.00. The van der Waals surface area contributed by atoms with Crippen LogP contribution >= 0.6 is 23.4 Å². The van der Waals surface area contributed by atoms with Gasteiger partial charge >= 0.3 is 0 Å². The minimum atomic E-state index is -0.437. The van der Waals surface area contributed by atoms with Crippen LogP contribution in [-0.2, 0) is 4.74 Å². The number of carbonyl (C=O) groups is 1. The Balaban J connectivity index is 2.02. The molecule has 2 aromatic carbocycles. The van der Waals surface area contributed by atoms with Crippen molar-refractivity contribution in [2.45, 2.75) is 30.3 Å². The van der Waals surface area contributed by atoms with E-state index in [1.807, 2.05) is 19.1 Å². The van der Waals surface area contributed by atoms with Gasteiger partial charge in [0.05, 0.1) is 28.8 Å². The van der Waals surface area contributed by atoms with Gasteiger partial charge in [0.2, 0.25) is 0 Å². The van der Waals surface area contributed by atoms with Gasteiger partial charge in [-0.15, -0.1) is 0 Å². The van der Waals surface area contributed by atoms with Crippen LogP contribution in [0.5, 0.6) is 0 Å². The first-order chi connectivity index (χ1) is 13.4. The number of hydrogen-bond acceptors (Lipinski definition) is 5. The maximum Gasteiger partial charge on any atom is 0.262 e. The number of aromatic nitrogens is 2. The summed E-state index contributed by atoms with van der Waals surface area (Å²) in [6.45, 7) is 4.07. The number of halogens is 1. The van der Waals surface area contributed by atoms with E-state index in [-0.39, 0.29) is 17.4 Å². The van der Waals surface area contributed by atoms with Crippen LogP contribution in [0.25, 0.3) is 10.9 Å². The second-order valence-corrected chi connectivity index (χ2v) is 8.27. The average Bonchev–Trinajstić information content (AvgIpc) is 2.67. The maximum absolute atomic E-state index is 13.1. The van der Waals surface area contributed by atoms with Crippen molar-refractivity contribution in [3.63, 3.8) is 0 Å². The van der Waals surface area contributed by atoms with Gasteiger partial charge in [0.1, 0.15) is 0 Å². The number of para-hydroxylation sites is 1. The first kappa shape index (κ1) is 20.6. The molecule has 28 heavy (non-hydrogen) atoms. The number of rotatable bonds is 7. The Morgan fingerprint density at radius 2 is 1.96 bits per heavy atom. The van der Waals surface area contributed by atoms with Crippen molar-refractivity contribution in [1.29, 1.82) is 0 Å². The SMILES string of the molecule is COC[C@H](C)n1c(S[C@H](C)C(=O)c2cccc(Cl)c2)nc2ccccc2c1=O. The maximum atomic E-state index is 13.1. The molecular formula is C21H21ClN2O3S. The van der Waals surface area contributed by atoms with Crippen LogP contribution in [0.1, 0.15) is 30.2 Å². The second kappa shape index (κ2) is 8.90. The van der Waals surface area contributed by atoms with E-state index in [4.69, 9.17) is 16.3 Å². The molecule has 0 saturated heterocycles. The number of ether oxygens (including phenoxy) is 1. The predicted octanol–water partition coefficient (Wildman–Crippen LogP) is 4.62. The predicted molar refractivity (Wildman–Crippen MR) is 114 cm³/mol. The molecule has 146 valence electrons. The van der Waals surface area contributed by atoms with Gasteiger partial charge in [-0.1, -0.05) is 47.6 Å². The summed E-state index contributed by atoms with van der Waals surface area (Å²) in [6, 6.07) is 13.9. The molecule has 0 radical (unpaired) electrons. The summed E-state index contributed by atoms with van der Waals surface area (Å²) in [6.07, 6.45) is 0. The van der Waals surface area contributed by atoms with Crippen LogP contribution < -0.4 is 5.56 Å². The number of hydrogen-bond donors (Lipinski definition) is 0. The van der Waals surface area contributed by atoms with Gasteiger partial charge in [-0.25, -0.2) is 4.98 Å². The summed E-state index contributed by atoms with van der Waals surface area (Å²) in [5.74, 6) is -0.0687. The molecule has 0 N–H and O–H groups in total. The molecule has 0 saturated carbocycles. The Morgan fingerprint density at radius 3 is 2.68 bits per heavy atom. The zero-order valence-electron chi connectivity index (χ0n) is 15.9. The molecule has 0 aliphatic carbocycles.